The Labute approximate surface area is 145 Å². The molecule has 0 aliphatic carbocycles. The molecular weight excluding hydrogens is 314 g/mol. The van der Waals surface area contributed by atoms with Crippen LogP contribution in [-0.4, -0.2) is 17.5 Å². The van der Waals surface area contributed by atoms with E-state index in [1.165, 1.54) is 12.1 Å². The lowest BCUT2D eigenvalue weighted by Gasteiger charge is -2.09. The topological polar surface area (TPSA) is 63.2 Å². The second kappa shape index (κ2) is 7.36. The van der Waals surface area contributed by atoms with E-state index in [0.717, 1.165) is 0 Å². The van der Waals surface area contributed by atoms with Gasteiger partial charge in [-0.15, -0.1) is 0 Å². The predicted molar refractivity (Wildman–Crippen MR) is 95.9 cm³/mol. The zero-order valence-electron chi connectivity index (χ0n) is 13.3. The SMILES string of the molecule is O=C(C(=O)c1ccccc1C(=O)Nc1ccccc1)c1ccccc1. The van der Waals surface area contributed by atoms with E-state index in [1.807, 2.05) is 6.07 Å². The van der Waals surface area contributed by atoms with E-state index in [4.69, 9.17) is 0 Å². The van der Waals surface area contributed by atoms with Gasteiger partial charge in [0, 0.05) is 16.8 Å². The van der Waals surface area contributed by atoms with E-state index in [2.05, 4.69) is 5.32 Å². The van der Waals surface area contributed by atoms with Crippen LogP contribution in [0.2, 0.25) is 0 Å². The van der Waals surface area contributed by atoms with E-state index >= 15 is 0 Å². The van der Waals surface area contributed by atoms with Crippen molar-refractivity contribution in [2.24, 2.45) is 0 Å². The Balaban J connectivity index is 1.89. The van der Waals surface area contributed by atoms with Crippen molar-refractivity contribution in [1.82, 2.24) is 0 Å². The first-order valence-corrected chi connectivity index (χ1v) is 7.76. The molecule has 0 radical (unpaired) electrons. The number of benzene rings is 3. The molecule has 4 nitrogen and oxygen atoms in total. The van der Waals surface area contributed by atoms with Gasteiger partial charge < -0.3 is 5.32 Å². The van der Waals surface area contributed by atoms with Crippen LogP contribution in [0.25, 0.3) is 0 Å². The summed E-state index contributed by atoms with van der Waals surface area (Å²) >= 11 is 0. The number of carbonyl (C=O) groups excluding carboxylic acids is 3. The van der Waals surface area contributed by atoms with Crippen molar-refractivity contribution in [3.63, 3.8) is 0 Å². The highest BCUT2D eigenvalue weighted by molar-refractivity contribution is 6.50. The molecular formula is C21H15NO3. The molecule has 3 aromatic carbocycles. The van der Waals surface area contributed by atoms with Crippen LogP contribution < -0.4 is 5.32 Å². The molecule has 3 rings (SSSR count). The Hall–Kier alpha value is -3.53. The highest BCUT2D eigenvalue weighted by Gasteiger charge is 2.23. The van der Waals surface area contributed by atoms with E-state index < -0.39 is 17.5 Å². The smallest absolute Gasteiger partial charge is 0.256 e. The summed E-state index contributed by atoms with van der Waals surface area (Å²) in [7, 11) is 0. The number of Topliss-reactive ketones (excluding diaryl/α,β-unsaturated/α-hetero) is 2. The summed E-state index contributed by atoms with van der Waals surface area (Å²) in [5, 5.41) is 2.73. The first kappa shape index (κ1) is 16.3. The largest absolute Gasteiger partial charge is 0.322 e. The van der Waals surface area contributed by atoms with Gasteiger partial charge in [0.15, 0.2) is 0 Å². The van der Waals surface area contributed by atoms with Gasteiger partial charge in [-0.2, -0.15) is 0 Å². The molecule has 3 aromatic rings. The van der Waals surface area contributed by atoms with Gasteiger partial charge >= 0.3 is 0 Å². The number of anilines is 1. The number of hydrogen-bond acceptors (Lipinski definition) is 3. The summed E-state index contributed by atoms with van der Waals surface area (Å²) in [5.74, 6) is -1.78. The van der Waals surface area contributed by atoms with Crippen LogP contribution in [0.1, 0.15) is 31.1 Å². The maximum atomic E-state index is 12.6. The van der Waals surface area contributed by atoms with Gasteiger partial charge in [0.25, 0.3) is 5.91 Å². The molecule has 0 bridgehead atoms. The van der Waals surface area contributed by atoms with Gasteiger partial charge in [-0.3, -0.25) is 14.4 Å². The number of hydrogen-bond donors (Lipinski definition) is 1. The fourth-order valence-corrected chi connectivity index (χ4v) is 2.44. The van der Waals surface area contributed by atoms with Crippen LogP contribution >= 0.6 is 0 Å². The average Bonchev–Trinajstić information content (AvgIpc) is 2.68. The molecule has 0 atom stereocenters. The van der Waals surface area contributed by atoms with Gasteiger partial charge in [0.05, 0.1) is 5.56 Å². The fourth-order valence-electron chi connectivity index (χ4n) is 2.44. The van der Waals surface area contributed by atoms with Gasteiger partial charge in [-0.1, -0.05) is 66.7 Å². The average molecular weight is 329 g/mol. The lowest BCUT2D eigenvalue weighted by molar-refractivity contribution is 0.0815. The van der Waals surface area contributed by atoms with Crippen molar-refractivity contribution in [3.05, 3.63) is 102 Å². The molecule has 1 N–H and O–H groups in total. The van der Waals surface area contributed by atoms with Crippen molar-refractivity contribution in [3.8, 4) is 0 Å². The van der Waals surface area contributed by atoms with Crippen molar-refractivity contribution in [1.29, 1.82) is 0 Å². The van der Waals surface area contributed by atoms with E-state index in [9.17, 15) is 14.4 Å². The number of rotatable bonds is 5. The zero-order chi connectivity index (χ0) is 17.6. The summed E-state index contributed by atoms with van der Waals surface area (Å²) < 4.78 is 0. The number of nitrogens with one attached hydrogen (secondary N) is 1. The first-order chi connectivity index (χ1) is 12.2. The van der Waals surface area contributed by atoms with Crippen molar-refractivity contribution in [2.45, 2.75) is 0 Å². The molecule has 4 heteroatoms. The molecule has 122 valence electrons. The summed E-state index contributed by atoms with van der Waals surface area (Å²) in [4.78, 5) is 37.5. The van der Waals surface area contributed by atoms with Crippen LogP contribution in [0.4, 0.5) is 5.69 Å². The van der Waals surface area contributed by atoms with Crippen LogP contribution in [0.3, 0.4) is 0 Å². The second-order valence-corrected chi connectivity index (χ2v) is 5.39. The zero-order valence-corrected chi connectivity index (χ0v) is 13.3. The maximum Gasteiger partial charge on any atom is 0.256 e. The minimum atomic E-state index is -0.704. The third-order valence-corrected chi connectivity index (χ3v) is 3.69. The minimum Gasteiger partial charge on any atom is -0.322 e. The van der Waals surface area contributed by atoms with E-state index in [-0.39, 0.29) is 11.1 Å². The van der Waals surface area contributed by atoms with Gasteiger partial charge in [-0.05, 0) is 18.2 Å². The molecule has 0 unspecified atom stereocenters. The fraction of sp³-hybridized carbons (Fsp3) is 0. The number of carbonyl (C=O) groups is 3. The Morgan fingerprint density at radius 2 is 1.08 bits per heavy atom. The molecule has 25 heavy (non-hydrogen) atoms. The van der Waals surface area contributed by atoms with Gasteiger partial charge in [0.2, 0.25) is 11.6 Å². The summed E-state index contributed by atoms with van der Waals surface area (Å²) in [5.41, 5.74) is 1.17. The molecule has 0 saturated heterocycles. The molecule has 0 aliphatic heterocycles. The van der Waals surface area contributed by atoms with Crippen molar-refractivity contribution >= 4 is 23.2 Å². The molecule has 0 fully saturated rings. The predicted octanol–water partition coefficient (Wildman–Crippen LogP) is 4.00. The number of para-hydroxylation sites is 1. The Bertz CT molecular complexity index is 918. The summed E-state index contributed by atoms with van der Waals surface area (Å²) in [6.07, 6.45) is 0. The van der Waals surface area contributed by atoms with Crippen molar-refractivity contribution < 1.29 is 14.4 Å². The normalized spacial score (nSPS) is 10.1. The minimum absolute atomic E-state index is 0.0878. The van der Waals surface area contributed by atoms with Crippen LogP contribution in [0, 0.1) is 0 Å². The lowest BCUT2D eigenvalue weighted by atomic mass is 9.97. The van der Waals surface area contributed by atoms with Gasteiger partial charge in [0.1, 0.15) is 0 Å². The molecule has 0 saturated carbocycles. The Morgan fingerprint density at radius 3 is 1.72 bits per heavy atom. The molecule has 0 aromatic heterocycles. The molecule has 1 amide bonds. The first-order valence-electron chi connectivity index (χ1n) is 7.76. The monoisotopic (exact) mass is 329 g/mol. The highest BCUT2D eigenvalue weighted by Crippen LogP contribution is 2.15. The third-order valence-electron chi connectivity index (χ3n) is 3.69. The third kappa shape index (κ3) is 3.70. The molecule has 0 aliphatic rings. The lowest BCUT2D eigenvalue weighted by Crippen LogP contribution is -2.21. The molecule has 0 spiro atoms. The van der Waals surface area contributed by atoms with Crippen molar-refractivity contribution in [2.75, 3.05) is 5.32 Å². The van der Waals surface area contributed by atoms with E-state index in [0.29, 0.717) is 11.3 Å². The summed E-state index contributed by atoms with van der Waals surface area (Å²) in [6, 6.07) is 23.5. The Kier molecular flexibility index (Phi) is 4.81. The maximum absolute atomic E-state index is 12.6. The standard InChI is InChI=1S/C21H15NO3/c23-19(15-9-3-1-4-10-15)20(24)17-13-7-8-14-18(17)21(25)22-16-11-5-2-6-12-16/h1-14H,(H,22,25). The quantitative estimate of drug-likeness (QED) is 0.568. The number of ketones is 2. The van der Waals surface area contributed by atoms with Crippen LogP contribution in [0.15, 0.2) is 84.9 Å². The van der Waals surface area contributed by atoms with Gasteiger partial charge in [-0.25, -0.2) is 0 Å². The van der Waals surface area contributed by atoms with Crippen LogP contribution in [-0.2, 0) is 0 Å². The van der Waals surface area contributed by atoms with E-state index in [1.54, 1.807) is 66.7 Å². The van der Waals surface area contributed by atoms with Crippen LogP contribution in [0.5, 0.6) is 0 Å². The second-order valence-electron chi connectivity index (χ2n) is 5.39. The Morgan fingerprint density at radius 1 is 0.560 bits per heavy atom. The summed E-state index contributed by atoms with van der Waals surface area (Å²) in [6.45, 7) is 0. The number of amides is 1. The molecule has 0 heterocycles. The highest BCUT2D eigenvalue weighted by atomic mass is 16.2.